The van der Waals surface area contributed by atoms with Gasteiger partial charge in [0.15, 0.2) is 16.5 Å². The highest BCUT2D eigenvalue weighted by Crippen LogP contribution is 2.46. The van der Waals surface area contributed by atoms with Crippen LogP contribution in [0.3, 0.4) is 0 Å². The summed E-state index contributed by atoms with van der Waals surface area (Å²) in [5.74, 6) is -0.442. The Hall–Kier alpha value is -3.02. The third-order valence-electron chi connectivity index (χ3n) is 4.27. The van der Waals surface area contributed by atoms with E-state index in [0.717, 1.165) is 0 Å². The van der Waals surface area contributed by atoms with Crippen LogP contribution in [-0.2, 0) is 0 Å². The molecule has 1 aliphatic rings. The molecule has 0 radical (unpaired) electrons. The smallest absolute Gasteiger partial charge is 0.257 e. The van der Waals surface area contributed by atoms with Gasteiger partial charge in [-0.15, -0.1) is 0 Å². The quantitative estimate of drug-likeness (QED) is 0.622. The van der Waals surface area contributed by atoms with Crippen molar-refractivity contribution < 1.29 is 4.74 Å². The molecule has 3 aromatic rings. The van der Waals surface area contributed by atoms with Gasteiger partial charge in [0.1, 0.15) is 16.3 Å². The molecule has 9 heteroatoms. The zero-order chi connectivity index (χ0) is 19.1. The number of aromatic nitrogens is 2. The minimum absolute atomic E-state index is 0.0415. The lowest BCUT2D eigenvalue weighted by molar-refractivity contribution is 0.397. The number of nitriles is 1. The van der Waals surface area contributed by atoms with Crippen molar-refractivity contribution in [2.75, 3.05) is 11.9 Å². The second-order valence-electron chi connectivity index (χ2n) is 5.87. The maximum absolute atomic E-state index is 12.9. The average molecular weight is 400 g/mol. The Balaban J connectivity index is 2.05. The first kappa shape index (κ1) is 17.4. The molecular weight excluding hydrogens is 386 g/mol. The van der Waals surface area contributed by atoms with Gasteiger partial charge >= 0.3 is 0 Å². The number of nitrogens with two attached hydrogens (primary N) is 1. The van der Waals surface area contributed by atoms with Crippen LogP contribution < -0.4 is 21.3 Å². The molecule has 0 spiro atoms. The lowest BCUT2D eigenvalue weighted by atomic mass is 9.84. The Labute approximate surface area is 163 Å². The molecule has 0 saturated carbocycles. The first-order valence-electron chi connectivity index (χ1n) is 8.17. The van der Waals surface area contributed by atoms with E-state index >= 15 is 0 Å². The summed E-state index contributed by atoms with van der Waals surface area (Å²) in [7, 11) is 0. The van der Waals surface area contributed by atoms with E-state index in [1.54, 1.807) is 24.3 Å². The Morgan fingerprint density at radius 1 is 1.48 bits per heavy atom. The molecule has 136 valence electrons. The number of benzene rings is 1. The molecule has 4 rings (SSSR count). The van der Waals surface area contributed by atoms with Gasteiger partial charge in [0.25, 0.3) is 5.56 Å². The van der Waals surface area contributed by atoms with E-state index in [2.05, 4.69) is 21.4 Å². The van der Waals surface area contributed by atoms with Crippen LogP contribution in [0.25, 0.3) is 10.3 Å². The minimum Gasteiger partial charge on any atom is -0.438 e. The van der Waals surface area contributed by atoms with Gasteiger partial charge in [0, 0.05) is 11.6 Å². The van der Waals surface area contributed by atoms with Crippen molar-refractivity contribution in [2.45, 2.75) is 12.8 Å². The van der Waals surface area contributed by atoms with Crippen LogP contribution in [0.2, 0.25) is 5.02 Å². The molecule has 27 heavy (non-hydrogen) atoms. The summed E-state index contributed by atoms with van der Waals surface area (Å²) in [6, 6.07) is 9.12. The molecule has 1 unspecified atom stereocenters. The summed E-state index contributed by atoms with van der Waals surface area (Å²) in [5, 5.41) is 13.9. The van der Waals surface area contributed by atoms with Gasteiger partial charge < -0.3 is 20.8 Å². The van der Waals surface area contributed by atoms with Gasteiger partial charge in [0.2, 0.25) is 5.88 Å². The van der Waals surface area contributed by atoms with E-state index in [4.69, 9.17) is 22.1 Å². The number of nitrogens with one attached hydrogen (secondary N) is 2. The largest absolute Gasteiger partial charge is 0.438 e. The van der Waals surface area contributed by atoms with Crippen LogP contribution in [0.15, 0.2) is 40.5 Å². The topological polar surface area (TPSA) is 117 Å². The minimum atomic E-state index is -0.717. The van der Waals surface area contributed by atoms with Crippen LogP contribution >= 0.6 is 22.9 Å². The van der Waals surface area contributed by atoms with Crippen molar-refractivity contribution >= 4 is 38.4 Å². The maximum Gasteiger partial charge on any atom is 0.257 e. The van der Waals surface area contributed by atoms with Gasteiger partial charge in [-0.3, -0.25) is 4.79 Å². The van der Waals surface area contributed by atoms with Gasteiger partial charge in [0.05, 0.1) is 11.5 Å². The number of H-pyrrole nitrogens is 1. The van der Waals surface area contributed by atoms with Crippen molar-refractivity contribution in [3.8, 4) is 11.8 Å². The standard InChI is InChI=1S/C18H14ClN5O2S/c1-2-22-18-24-16-14(27-18)13-12(17(25)23-16)11(9(7-20)15(21)26-13)8-5-3-4-6-10(8)19/h3-6,11H,2,21H2,1H3,(H2,22,23,24,25). The SMILES string of the molecule is CCNc1nc2[nH]c(=O)c3c(c2s1)OC(N)=C(C#N)C3c1ccccc1Cl. The van der Waals surface area contributed by atoms with Crippen LogP contribution in [0.4, 0.5) is 5.13 Å². The number of ether oxygens (including phenoxy) is 1. The van der Waals surface area contributed by atoms with Crippen molar-refractivity contribution in [1.82, 2.24) is 9.97 Å². The molecule has 2 aromatic heterocycles. The lowest BCUT2D eigenvalue weighted by Crippen LogP contribution is -2.27. The first-order valence-corrected chi connectivity index (χ1v) is 9.37. The lowest BCUT2D eigenvalue weighted by Gasteiger charge is -2.26. The number of nitrogens with zero attached hydrogens (tertiary/aromatic N) is 2. The summed E-state index contributed by atoms with van der Waals surface area (Å²) in [6.45, 7) is 2.64. The van der Waals surface area contributed by atoms with E-state index in [0.29, 0.717) is 43.9 Å². The molecule has 1 atom stereocenters. The Bertz CT molecular complexity index is 1190. The van der Waals surface area contributed by atoms with Crippen molar-refractivity contribution in [1.29, 1.82) is 5.26 Å². The number of anilines is 1. The molecule has 0 amide bonds. The Morgan fingerprint density at radius 2 is 2.26 bits per heavy atom. The van der Waals surface area contributed by atoms with Crippen molar-refractivity contribution in [2.24, 2.45) is 5.73 Å². The molecule has 7 nitrogen and oxygen atoms in total. The monoisotopic (exact) mass is 399 g/mol. The number of aromatic amines is 1. The number of fused-ring (bicyclic) bond motifs is 3. The van der Waals surface area contributed by atoms with E-state index in [1.165, 1.54) is 11.3 Å². The van der Waals surface area contributed by atoms with E-state index in [9.17, 15) is 10.1 Å². The molecular formula is C18H14ClN5O2S. The van der Waals surface area contributed by atoms with E-state index in [-0.39, 0.29) is 11.5 Å². The number of rotatable bonds is 3. The van der Waals surface area contributed by atoms with Gasteiger partial charge in [-0.05, 0) is 18.6 Å². The predicted molar refractivity (Wildman–Crippen MR) is 105 cm³/mol. The Kier molecular flexibility index (Phi) is 4.26. The highest BCUT2D eigenvalue weighted by atomic mass is 35.5. The fourth-order valence-corrected chi connectivity index (χ4v) is 4.37. The zero-order valence-electron chi connectivity index (χ0n) is 14.2. The van der Waals surface area contributed by atoms with Crippen LogP contribution in [-0.4, -0.2) is 16.5 Å². The summed E-state index contributed by atoms with van der Waals surface area (Å²) >= 11 is 7.71. The van der Waals surface area contributed by atoms with Gasteiger partial charge in [-0.2, -0.15) is 5.26 Å². The molecule has 0 saturated heterocycles. The third kappa shape index (κ3) is 2.72. The molecule has 0 fully saturated rings. The summed E-state index contributed by atoms with van der Waals surface area (Å²) < 4.78 is 6.38. The van der Waals surface area contributed by atoms with Crippen LogP contribution in [0, 0.1) is 11.3 Å². The molecule has 1 aliphatic heterocycles. The second-order valence-corrected chi connectivity index (χ2v) is 7.28. The third-order valence-corrected chi connectivity index (χ3v) is 5.63. The number of thiazole rings is 1. The average Bonchev–Trinajstić information content (AvgIpc) is 3.04. The molecule has 1 aromatic carbocycles. The zero-order valence-corrected chi connectivity index (χ0v) is 15.7. The van der Waals surface area contributed by atoms with Crippen molar-refractivity contribution in [3.63, 3.8) is 0 Å². The van der Waals surface area contributed by atoms with E-state index < -0.39 is 11.5 Å². The first-order chi connectivity index (χ1) is 13.0. The molecule has 0 aliphatic carbocycles. The summed E-state index contributed by atoms with van der Waals surface area (Å²) in [4.78, 5) is 20.1. The highest BCUT2D eigenvalue weighted by molar-refractivity contribution is 7.22. The van der Waals surface area contributed by atoms with Crippen LogP contribution in [0.5, 0.6) is 5.75 Å². The maximum atomic E-state index is 12.9. The second kappa shape index (κ2) is 6.61. The fraction of sp³-hybridized carbons (Fsp3) is 0.167. The van der Waals surface area contributed by atoms with E-state index in [1.807, 2.05) is 6.92 Å². The number of hydrogen-bond donors (Lipinski definition) is 3. The molecule has 0 bridgehead atoms. The molecule has 3 heterocycles. The van der Waals surface area contributed by atoms with Gasteiger partial charge in [-0.25, -0.2) is 4.98 Å². The summed E-state index contributed by atoms with van der Waals surface area (Å²) in [6.07, 6.45) is 0. The Morgan fingerprint density at radius 3 is 2.96 bits per heavy atom. The van der Waals surface area contributed by atoms with Crippen molar-refractivity contribution in [3.05, 3.63) is 62.2 Å². The van der Waals surface area contributed by atoms with Gasteiger partial charge in [-0.1, -0.05) is 41.1 Å². The predicted octanol–water partition coefficient (Wildman–Crippen LogP) is 3.29. The normalized spacial score (nSPS) is 16.0. The summed E-state index contributed by atoms with van der Waals surface area (Å²) in [5.41, 5.74) is 7.12. The number of hydrogen-bond acceptors (Lipinski definition) is 7. The number of halogens is 1. The number of allylic oxidation sites excluding steroid dienone is 1. The van der Waals surface area contributed by atoms with Crippen LogP contribution in [0.1, 0.15) is 24.0 Å². The number of pyridine rings is 1. The molecule has 4 N–H and O–H groups in total. The highest BCUT2D eigenvalue weighted by Gasteiger charge is 2.36. The fourth-order valence-electron chi connectivity index (χ4n) is 3.14.